The predicted octanol–water partition coefficient (Wildman–Crippen LogP) is 4.36. The largest absolute Gasteiger partial charge is 0.407 e. The number of nitrogens with zero attached hydrogens (tertiary/aromatic N) is 2. The van der Waals surface area contributed by atoms with Gasteiger partial charge in [-0.05, 0) is 67.9 Å². The lowest BCUT2D eigenvalue weighted by Crippen LogP contribution is -2.19. The van der Waals surface area contributed by atoms with Crippen LogP contribution in [-0.4, -0.2) is 21.5 Å². The summed E-state index contributed by atoms with van der Waals surface area (Å²) in [6.07, 6.45) is 3.71. The molecule has 1 atom stereocenters. The minimum Gasteiger partial charge on any atom is -0.407 e. The van der Waals surface area contributed by atoms with Crippen LogP contribution in [0.1, 0.15) is 78.2 Å². The van der Waals surface area contributed by atoms with Crippen LogP contribution in [0.4, 0.5) is 0 Å². The second-order valence-electron chi connectivity index (χ2n) is 7.78. The maximum Gasteiger partial charge on any atom is 0.315 e. The van der Waals surface area contributed by atoms with Crippen LogP contribution in [-0.2, 0) is 17.8 Å². The van der Waals surface area contributed by atoms with Gasteiger partial charge in [-0.25, -0.2) is 4.68 Å². The number of hydrogen-bond acceptors (Lipinski definition) is 4. The molecule has 3 rings (SSSR count). The van der Waals surface area contributed by atoms with Crippen molar-refractivity contribution in [2.45, 2.75) is 66.8 Å². The Labute approximate surface area is 160 Å². The second-order valence-corrected chi connectivity index (χ2v) is 7.78. The molecule has 1 unspecified atom stereocenters. The van der Waals surface area contributed by atoms with E-state index >= 15 is 0 Å². The van der Waals surface area contributed by atoms with E-state index in [9.17, 15) is 9.59 Å². The Bertz CT molecular complexity index is 909. The molecule has 27 heavy (non-hydrogen) atoms. The molecule has 1 aliphatic carbocycles. The van der Waals surface area contributed by atoms with Gasteiger partial charge in [-0.2, -0.15) is 5.10 Å². The van der Waals surface area contributed by atoms with Gasteiger partial charge in [0, 0.05) is 12.1 Å². The van der Waals surface area contributed by atoms with Crippen LogP contribution in [0.5, 0.6) is 5.88 Å². The van der Waals surface area contributed by atoms with Gasteiger partial charge in [0.25, 0.3) is 0 Å². The topological polar surface area (TPSA) is 61.2 Å². The zero-order chi connectivity index (χ0) is 19.9. The summed E-state index contributed by atoms with van der Waals surface area (Å²) >= 11 is 0. The first-order valence-electron chi connectivity index (χ1n) is 9.71. The van der Waals surface area contributed by atoms with E-state index in [-0.39, 0.29) is 23.6 Å². The lowest BCUT2D eigenvalue weighted by atomic mass is 9.88. The SMILES string of the molecule is CCn1ncc(C(=O)c2cc(C)c3c(c2C)C(C)CC3)c1OC(=O)C(C)C. The van der Waals surface area contributed by atoms with Gasteiger partial charge in [0.1, 0.15) is 5.56 Å². The molecule has 0 saturated carbocycles. The molecule has 0 aliphatic heterocycles. The standard InChI is InChI=1S/C22H28N2O3/c1-7-24-21(27-22(26)12(2)3)18(11-23-24)20(25)17-10-14(5)16-9-8-13(4)19(16)15(17)6/h10-13H,7-9H2,1-6H3. The van der Waals surface area contributed by atoms with Gasteiger partial charge in [-0.1, -0.05) is 20.8 Å². The summed E-state index contributed by atoms with van der Waals surface area (Å²) in [4.78, 5) is 25.5. The maximum atomic E-state index is 13.4. The highest BCUT2D eigenvalue weighted by Gasteiger charge is 2.29. The fourth-order valence-corrected chi connectivity index (χ4v) is 3.96. The van der Waals surface area contributed by atoms with E-state index in [1.165, 1.54) is 17.3 Å². The van der Waals surface area contributed by atoms with Crippen molar-refractivity contribution >= 4 is 11.8 Å². The van der Waals surface area contributed by atoms with Crippen molar-refractivity contribution < 1.29 is 14.3 Å². The second kappa shape index (κ2) is 7.29. The number of carbonyl (C=O) groups is 2. The number of fused-ring (bicyclic) bond motifs is 1. The number of esters is 1. The Balaban J connectivity index is 2.08. The first kappa shape index (κ1) is 19.3. The molecule has 2 aromatic rings. The van der Waals surface area contributed by atoms with E-state index in [0.29, 0.717) is 23.6 Å². The van der Waals surface area contributed by atoms with E-state index in [1.54, 1.807) is 18.5 Å². The highest BCUT2D eigenvalue weighted by molar-refractivity contribution is 6.12. The Morgan fingerprint density at radius 1 is 1.30 bits per heavy atom. The number of ether oxygens (including phenoxy) is 1. The minimum atomic E-state index is -0.366. The molecular weight excluding hydrogens is 340 g/mol. The van der Waals surface area contributed by atoms with E-state index in [0.717, 1.165) is 24.0 Å². The first-order chi connectivity index (χ1) is 12.8. The van der Waals surface area contributed by atoms with Gasteiger partial charge in [0.05, 0.1) is 12.1 Å². The molecular formula is C22H28N2O3. The zero-order valence-electron chi connectivity index (χ0n) is 17.0. The van der Waals surface area contributed by atoms with Gasteiger partial charge >= 0.3 is 5.97 Å². The van der Waals surface area contributed by atoms with E-state index in [2.05, 4.69) is 18.9 Å². The molecule has 0 amide bonds. The molecule has 144 valence electrons. The van der Waals surface area contributed by atoms with Crippen LogP contribution in [0.25, 0.3) is 0 Å². The third-order valence-corrected chi connectivity index (χ3v) is 5.54. The van der Waals surface area contributed by atoms with Crippen LogP contribution in [0.2, 0.25) is 0 Å². The lowest BCUT2D eigenvalue weighted by molar-refractivity contribution is -0.138. The van der Waals surface area contributed by atoms with Crippen molar-refractivity contribution in [1.29, 1.82) is 0 Å². The number of aryl methyl sites for hydroxylation is 2. The Morgan fingerprint density at radius 3 is 2.63 bits per heavy atom. The van der Waals surface area contributed by atoms with Crippen molar-refractivity contribution in [1.82, 2.24) is 9.78 Å². The maximum absolute atomic E-state index is 13.4. The molecule has 0 bridgehead atoms. The number of rotatable bonds is 5. The summed E-state index contributed by atoms with van der Waals surface area (Å²) in [6.45, 7) is 12.3. The molecule has 1 aromatic carbocycles. The summed E-state index contributed by atoms with van der Waals surface area (Å²) in [7, 11) is 0. The smallest absolute Gasteiger partial charge is 0.315 e. The highest BCUT2D eigenvalue weighted by atomic mass is 16.5. The van der Waals surface area contributed by atoms with Gasteiger partial charge in [0.15, 0.2) is 5.78 Å². The fourth-order valence-electron chi connectivity index (χ4n) is 3.96. The minimum absolute atomic E-state index is 0.135. The summed E-state index contributed by atoms with van der Waals surface area (Å²) in [5.74, 6) is -0.0775. The lowest BCUT2D eigenvalue weighted by Gasteiger charge is -2.16. The number of benzene rings is 1. The van der Waals surface area contributed by atoms with E-state index in [1.807, 2.05) is 19.9 Å². The summed E-state index contributed by atoms with van der Waals surface area (Å²) in [5, 5.41) is 4.25. The van der Waals surface area contributed by atoms with Gasteiger partial charge in [-0.15, -0.1) is 0 Å². The van der Waals surface area contributed by atoms with Crippen molar-refractivity contribution in [3.8, 4) is 5.88 Å². The monoisotopic (exact) mass is 368 g/mol. The van der Waals surface area contributed by atoms with Crippen molar-refractivity contribution in [2.75, 3.05) is 0 Å². The van der Waals surface area contributed by atoms with E-state index in [4.69, 9.17) is 4.74 Å². The molecule has 1 aliphatic rings. The predicted molar refractivity (Wildman–Crippen MR) is 104 cm³/mol. The number of ketones is 1. The molecule has 0 spiro atoms. The third kappa shape index (κ3) is 3.31. The van der Waals surface area contributed by atoms with Crippen LogP contribution in [0.3, 0.4) is 0 Å². The normalized spacial score (nSPS) is 15.9. The average molecular weight is 368 g/mol. The number of carbonyl (C=O) groups excluding carboxylic acids is 2. The highest BCUT2D eigenvalue weighted by Crippen LogP contribution is 2.39. The first-order valence-corrected chi connectivity index (χ1v) is 9.71. The Hall–Kier alpha value is -2.43. The number of aromatic nitrogens is 2. The third-order valence-electron chi connectivity index (χ3n) is 5.54. The molecule has 0 fully saturated rings. The van der Waals surface area contributed by atoms with Crippen LogP contribution in [0.15, 0.2) is 12.3 Å². The van der Waals surface area contributed by atoms with Crippen LogP contribution < -0.4 is 4.74 Å². The summed E-state index contributed by atoms with van der Waals surface area (Å²) in [6, 6.07) is 1.98. The van der Waals surface area contributed by atoms with Crippen LogP contribution >= 0.6 is 0 Å². The summed E-state index contributed by atoms with van der Waals surface area (Å²) in [5.41, 5.74) is 5.91. The zero-order valence-corrected chi connectivity index (χ0v) is 17.0. The Kier molecular flexibility index (Phi) is 5.22. The molecule has 5 heteroatoms. The van der Waals surface area contributed by atoms with Crippen molar-refractivity contribution in [2.24, 2.45) is 5.92 Å². The Morgan fingerprint density at radius 2 is 2.00 bits per heavy atom. The quantitative estimate of drug-likeness (QED) is 0.581. The van der Waals surface area contributed by atoms with Crippen LogP contribution in [0, 0.1) is 19.8 Å². The molecule has 1 aromatic heterocycles. The molecule has 0 saturated heterocycles. The van der Waals surface area contributed by atoms with Gasteiger partial charge < -0.3 is 4.74 Å². The average Bonchev–Trinajstić information content (AvgIpc) is 3.21. The fraction of sp³-hybridized carbons (Fsp3) is 0.500. The summed E-state index contributed by atoms with van der Waals surface area (Å²) < 4.78 is 7.10. The van der Waals surface area contributed by atoms with Gasteiger partial charge in [-0.3, -0.25) is 9.59 Å². The van der Waals surface area contributed by atoms with Gasteiger partial charge in [0.2, 0.25) is 5.88 Å². The van der Waals surface area contributed by atoms with Crippen molar-refractivity contribution in [3.05, 3.63) is 45.6 Å². The molecule has 1 heterocycles. The molecule has 5 nitrogen and oxygen atoms in total. The number of hydrogen-bond donors (Lipinski definition) is 0. The van der Waals surface area contributed by atoms with Crippen molar-refractivity contribution in [3.63, 3.8) is 0 Å². The van der Waals surface area contributed by atoms with E-state index < -0.39 is 0 Å². The molecule has 0 N–H and O–H groups in total. The molecule has 0 radical (unpaired) electrons.